The molecule has 0 spiro atoms. The summed E-state index contributed by atoms with van der Waals surface area (Å²) in [6.07, 6.45) is -1.10. The number of carbonyl (C=O) groups excluding carboxylic acids is 1. The van der Waals surface area contributed by atoms with Crippen LogP contribution in [0, 0.1) is 11.3 Å². The molecule has 0 aliphatic rings. The molecule has 1 amide bonds. The predicted octanol–water partition coefficient (Wildman–Crippen LogP) is 4.23. The molecule has 5 nitrogen and oxygen atoms in total. The lowest BCUT2D eigenvalue weighted by atomic mass is 10.1. The molecule has 0 fully saturated rings. The maximum atomic E-state index is 12.5. The van der Waals surface area contributed by atoms with Crippen molar-refractivity contribution in [1.29, 1.82) is 5.26 Å². The zero-order chi connectivity index (χ0) is 20.6. The van der Waals surface area contributed by atoms with Crippen LogP contribution in [0.2, 0.25) is 0 Å². The minimum Gasteiger partial charge on any atom is -0.504 e. The van der Waals surface area contributed by atoms with Gasteiger partial charge in [-0.05, 0) is 48.4 Å². The zero-order valence-electron chi connectivity index (χ0n) is 14.3. The Morgan fingerprint density at radius 1 is 1.22 bits per heavy atom. The second kappa shape index (κ2) is 9.29. The van der Waals surface area contributed by atoms with Crippen molar-refractivity contribution in [3.05, 3.63) is 82.9 Å². The Morgan fingerprint density at radius 3 is 2.30 bits per heavy atom. The topological polar surface area (TPSA) is 93.3 Å². The number of allylic oxidation sites excluding steroid dienone is 4. The molecule has 0 aliphatic carbocycles. The van der Waals surface area contributed by atoms with Crippen LogP contribution in [-0.2, 0) is 17.5 Å². The summed E-state index contributed by atoms with van der Waals surface area (Å²) in [5.41, 5.74) is -0.340. The van der Waals surface area contributed by atoms with E-state index in [1.54, 1.807) is 6.07 Å². The van der Waals surface area contributed by atoms with Gasteiger partial charge in [0.25, 0.3) is 5.91 Å². The van der Waals surface area contributed by atoms with Crippen LogP contribution in [0.15, 0.2) is 71.7 Å². The van der Waals surface area contributed by atoms with Crippen LogP contribution in [0.3, 0.4) is 0 Å². The molecular weight excluding hydrogens is 361 g/mol. The fourth-order valence-electron chi connectivity index (χ4n) is 1.90. The second-order valence-corrected chi connectivity index (χ2v) is 5.41. The van der Waals surface area contributed by atoms with Gasteiger partial charge >= 0.3 is 6.18 Å². The summed E-state index contributed by atoms with van der Waals surface area (Å²) < 4.78 is 37.5. The molecule has 0 radical (unpaired) electrons. The summed E-state index contributed by atoms with van der Waals surface area (Å²) >= 11 is 0. The molecule has 0 bridgehead atoms. The number of aliphatic hydroxyl groups is 2. The van der Waals surface area contributed by atoms with Crippen LogP contribution in [0.5, 0.6) is 0 Å². The monoisotopic (exact) mass is 378 g/mol. The van der Waals surface area contributed by atoms with Crippen molar-refractivity contribution >= 4 is 5.91 Å². The molecule has 3 N–H and O–H groups in total. The standard InChI is InChI=1S/C19H17F3N2O3/c1-3-16(25)17(26)9-12(2)8-14(10-23)18(27)24-11-13-4-6-15(7-5-13)19(20,21)22/h3-9,25-26H,1,11H2,2H3,(H,24,27)/b12-9+,14-8+,17-16-. The molecule has 1 rings (SSSR count). The maximum absolute atomic E-state index is 12.5. The molecule has 0 heterocycles. The number of nitrogens with zero attached hydrogens (tertiary/aromatic N) is 1. The lowest BCUT2D eigenvalue weighted by molar-refractivity contribution is -0.137. The van der Waals surface area contributed by atoms with Crippen LogP contribution in [0.1, 0.15) is 18.1 Å². The van der Waals surface area contributed by atoms with Gasteiger partial charge in [0.1, 0.15) is 11.6 Å². The molecule has 0 aliphatic heterocycles. The lowest BCUT2D eigenvalue weighted by Gasteiger charge is -2.08. The first kappa shape index (κ1) is 21.6. The maximum Gasteiger partial charge on any atom is 0.416 e. The molecule has 1 aromatic rings. The number of amides is 1. The molecule has 1 aromatic carbocycles. The van der Waals surface area contributed by atoms with E-state index in [2.05, 4.69) is 11.9 Å². The number of rotatable bonds is 6. The average Bonchev–Trinajstić information content (AvgIpc) is 2.62. The van der Waals surface area contributed by atoms with E-state index in [0.717, 1.165) is 24.3 Å². The van der Waals surface area contributed by atoms with Crippen LogP contribution in [-0.4, -0.2) is 16.1 Å². The number of hydrogen-bond donors (Lipinski definition) is 3. The predicted molar refractivity (Wildman–Crippen MR) is 93.2 cm³/mol. The van der Waals surface area contributed by atoms with Crippen molar-refractivity contribution in [1.82, 2.24) is 5.32 Å². The van der Waals surface area contributed by atoms with E-state index in [0.29, 0.717) is 11.1 Å². The number of benzene rings is 1. The van der Waals surface area contributed by atoms with Crippen LogP contribution >= 0.6 is 0 Å². The van der Waals surface area contributed by atoms with Crippen molar-refractivity contribution in [3.63, 3.8) is 0 Å². The van der Waals surface area contributed by atoms with E-state index < -0.39 is 29.2 Å². The highest BCUT2D eigenvalue weighted by molar-refractivity contribution is 5.97. The molecule has 0 unspecified atom stereocenters. The average molecular weight is 378 g/mol. The van der Waals surface area contributed by atoms with Gasteiger partial charge in [0, 0.05) is 6.54 Å². The Morgan fingerprint density at radius 2 is 1.81 bits per heavy atom. The van der Waals surface area contributed by atoms with Gasteiger partial charge in [0.05, 0.1) is 5.56 Å². The Kier molecular flexibility index (Phi) is 7.42. The quantitative estimate of drug-likeness (QED) is 0.299. The molecule has 142 valence electrons. The van der Waals surface area contributed by atoms with Crippen molar-refractivity contribution in [2.45, 2.75) is 19.6 Å². The summed E-state index contributed by atoms with van der Waals surface area (Å²) in [6.45, 7) is 4.70. The van der Waals surface area contributed by atoms with Crippen molar-refractivity contribution < 1.29 is 28.2 Å². The van der Waals surface area contributed by atoms with Gasteiger partial charge < -0.3 is 15.5 Å². The molecule has 0 atom stereocenters. The Hall–Kier alpha value is -3.47. The number of alkyl halides is 3. The highest BCUT2D eigenvalue weighted by Crippen LogP contribution is 2.29. The minimum absolute atomic E-state index is 0.0683. The van der Waals surface area contributed by atoms with Crippen molar-refractivity contribution in [3.8, 4) is 6.07 Å². The normalized spacial score (nSPS) is 13.4. The van der Waals surface area contributed by atoms with E-state index >= 15 is 0 Å². The van der Waals surface area contributed by atoms with E-state index in [4.69, 9.17) is 5.26 Å². The third-order valence-corrected chi connectivity index (χ3v) is 3.29. The third kappa shape index (κ3) is 6.74. The van der Waals surface area contributed by atoms with Gasteiger partial charge in [-0.1, -0.05) is 18.7 Å². The number of hydrogen-bond acceptors (Lipinski definition) is 4. The number of halogens is 3. The van der Waals surface area contributed by atoms with E-state index in [1.807, 2.05) is 0 Å². The summed E-state index contributed by atoms with van der Waals surface area (Å²) in [6, 6.07) is 5.95. The first-order valence-electron chi connectivity index (χ1n) is 7.57. The number of nitriles is 1. The molecule has 0 aromatic heterocycles. The van der Waals surface area contributed by atoms with Crippen molar-refractivity contribution in [2.24, 2.45) is 0 Å². The minimum atomic E-state index is -4.44. The summed E-state index contributed by atoms with van der Waals surface area (Å²) in [5.74, 6) is -1.68. The molecular formula is C19H17F3N2O3. The molecule has 8 heteroatoms. The second-order valence-electron chi connectivity index (χ2n) is 5.41. The smallest absolute Gasteiger partial charge is 0.416 e. The van der Waals surface area contributed by atoms with Crippen LogP contribution in [0.4, 0.5) is 13.2 Å². The highest BCUT2D eigenvalue weighted by Gasteiger charge is 2.29. The zero-order valence-corrected chi connectivity index (χ0v) is 14.3. The van der Waals surface area contributed by atoms with E-state index in [9.17, 15) is 28.2 Å². The van der Waals surface area contributed by atoms with E-state index in [-0.39, 0.29) is 12.1 Å². The Labute approximate surface area is 154 Å². The van der Waals surface area contributed by atoms with Gasteiger partial charge in [0.2, 0.25) is 0 Å². The summed E-state index contributed by atoms with van der Waals surface area (Å²) in [7, 11) is 0. The van der Waals surface area contributed by atoms with E-state index in [1.165, 1.54) is 25.1 Å². The van der Waals surface area contributed by atoms with Crippen LogP contribution in [0.25, 0.3) is 0 Å². The summed E-state index contributed by atoms with van der Waals surface area (Å²) in [4.78, 5) is 12.0. The first-order chi connectivity index (χ1) is 12.6. The first-order valence-corrected chi connectivity index (χ1v) is 7.57. The fourth-order valence-corrected chi connectivity index (χ4v) is 1.90. The van der Waals surface area contributed by atoms with Gasteiger partial charge in [-0.3, -0.25) is 4.79 Å². The number of carbonyl (C=O) groups is 1. The van der Waals surface area contributed by atoms with Crippen LogP contribution < -0.4 is 5.32 Å². The Bertz CT molecular complexity index is 842. The number of nitrogens with one attached hydrogen (secondary N) is 1. The Balaban J connectivity index is 2.84. The van der Waals surface area contributed by atoms with Gasteiger partial charge in [0.15, 0.2) is 11.5 Å². The lowest BCUT2D eigenvalue weighted by Crippen LogP contribution is -2.24. The fraction of sp³-hybridized carbons (Fsp3) is 0.158. The summed E-state index contributed by atoms with van der Waals surface area (Å²) in [5, 5.41) is 30.3. The molecule has 0 saturated carbocycles. The highest BCUT2D eigenvalue weighted by atomic mass is 19.4. The third-order valence-electron chi connectivity index (χ3n) is 3.29. The van der Waals surface area contributed by atoms with Gasteiger partial charge in [-0.15, -0.1) is 0 Å². The molecule has 0 saturated heterocycles. The largest absolute Gasteiger partial charge is 0.504 e. The van der Waals surface area contributed by atoms with Gasteiger partial charge in [-0.2, -0.15) is 18.4 Å². The number of aliphatic hydroxyl groups excluding tert-OH is 2. The SMILES string of the molecule is C=C\C(O)=C(O)/C=C(C)/C=C(\C#N)C(=O)NCc1ccc(C(F)(F)F)cc1. The van der Waals surface area contributed by atoms with Gasteiger partial charge in [-0.25, -0.2) is 0 Å². The van der Waals surface area contributed by atoms with Crippen molar-refractivity contribution in [2.75, 3.05) is 0 Å². The molecule has 27 heavy (non-hydrogen) atoms.